The maximum atomic E-state index is 12.8. The molecule has 142 valence electrons. The minimum atomic E-state index is -3.65. The average molecular weight is 378 g/mol. The summed E-state index contributed by atoms with van der Waals surface area (Å²) in [5.41, 5.74) is 3.63. The molecule has 0 bridgehead atoms. The van der Waals surface area contributed by atoms with Gasteiger partial charge in [-0.15, -0.1) is 0 Å². The Bertz CT molecular complexity index is 868. The standard InChI is InChI=1S/C20H27NO4S/c1-13-7-8-18(9-14(13)2)25-12-17(5)21-26(22,23)20-15(3)10-19(24-6)11-16(20)4/h7-11,17,21H,12H2,1-6H3/t17-/m0/s1. The quantitative estimate of drug-likeness (QED) is 0.799. The fourth-order valence-electron chi connectivity index (χ4n) is 2.83. The summed E-state index contributed by atoms with van der Waals surface area (Å²) in [5, 5.41) is 0. The summed E-state index contributed by atoms with van der Waals surface area (Å²) in [6, 6.07) is 8.90. The normalized spacial score (nSPS) is 12.7. The summed E-state index contributed by atoms with van der Waals surface area (Å²) >= 11 is 0. The fourth-order valence-corrected chi connectivity index (χ4v) is 4.52. The molecule has 1 N–H and O–H groups in total. The van der Waals surface area contributed by atoms with Gasteiger partial charge in [0, 0.05) is 0 Å². The van der Waals surface area contributed by atoms with Gasteiger partial charge in [-0.25, -0.2) is 13.1 Å². The zero-order valence-corrected chi connectivity index (χ0v) is 17.0. The van der Waals surface area contributed by atoms with Gasteiger partial charge >= 0.3 is 0 Å². The van der Waals surface area contributed by atoms with Crippen molar-refractivity contribution < 1.29 is 17.9 Å². The molecular weight excluding hydrogens is 350 g/mol. The molecule has 2 aromatic carbocycles. The number of sulfonamides is 1. The SMILES string of the molecule is COc1cc(C)c(S(=O)(=O)N[C@@H](C)COc2ccc(C)c(C)c2)c(C)c1. The third-order valence-corrected chi connectivity index (χ3v) is 6.17. The van der Waals surface area contributed by atoms with Crippen molar-refractivity contribution in [2.24, 2.45) is 0 Å². The van der Waals surface area contributed by atoms with Crippen molar-refractivity contribution in [3.8, 4) is 11.5 Å². The molecule has 0 aliphatic heterocycles. The summed E-state index contributed by atoms with van der Waals surface area (Å²) in [7, 11) is -2.09. The van der Waals surface area contributed by atoms with Crippen LogP contribution < -0.4 is 14.2 Å². The van der Waals surface area contributed by atoms with E-state index in [0.29, 0.717) is 16.9 Å². The van der Waals surface area contributed by atoms with E-state index in [-0.39, 0.29) is 17.5 Å². The zero-order chi connectivity index (χ0) is 19.5. The first kappa shape index (κ1) is 20.3. The molecular formula is C20H27NO4S. The third-order valence-electron chi connectivity index (χ3n) is 4.27. The van der Waals surface area contributed by atoms with E-state index in [0.717, 1.165) is 11.3 Å². The molecule has 0 amide bonds. The first-order valence-corrected chi connectivity index (χ1v) is 10.00. The molecule has 5 nitrogen and oxygen atoms in total. The van der Waals surface area contributed by atoms with Crippen LogP contribution in [0.2, 0.25) is 0 Å². The van der Waals surface area contributed by atoms with Crippen LogP contribution in [0.5, 0.6) is 11.5 Å². The average Bonchev–Trinajstić information content (AvgIpc) is 2.54. The molecule has 0 fully saturated rings. The third kappa shape index (κ3) is 4.77. The molecule has 0 saturated carbocycles. The van der Waals surface area contributed by atoms with Crippen LogP contribution in [0.3, 0.4) is 0 Å². The van der Waals surface area contributed by atoms with Crippen LogP contribution >= 0.6 is 0 Å². The monoisotopic (exact) mass is 377 g/mol. The molecule has 0 radical (unpaired) electrons. The molecule has 0 aromatic heterocycles. The highest BCUT2D eigenvalue weighted by Crippen LogP contribution is 2.25. The predicted octanol–water partition coefficient (Wildman–Crippen LogP) is 3.67. The van der Waals surface area contributed by atoms with E-state index in [9.17, 15) is 8.42 Å². The molecule has 6 heteroatoms. The van der Waals surface area contributed by atoms with Crippen LogP contribution in [-0.4, -0.2) is 28.2 Å². The Morgan fingerprint density at radius 2 is 1.50 bits per heavy atom. The van der Waals surface area contributed by atoms with Gasteiger partial charge in [-0.05, 0) is 81.1 Å². The Balaban J connectivity index is 2.10. The number of benzene rings is 2. The van der Waals surface area contributed by atoms with E-state index >= 15 is 0 Å². The topological polar surface area (TPSA) is 64.6 Å². The van der Waals surface area contributed by atoms with E-state index in [4.69, 9.17) is 9.47 Å². The molecule has 0 aliphatic rings. The van der Waals surface area contributed by atoms with Gasteiger partial charge in [0.2, 0.25) is 10.0 Å². The summed E-state index contributed by atoms with van der Waals surface area (Å²) < 4.78 is 39.2. The second kappa shape index (κ2) is 8.10. The van der Waals surface area contributed by atoms with Crippen molar-refractivity contribution in [3.63, 3.8) is 0 Å². The van der Waals surface area contributed by atoms with Crippen LogP contribution in [0.1, 0.15) is 29.2 Å². The Kier molecular flexibility index (Phi) is 6.31. The molecule has 0 spiro atoms. The smallest absolute Gasteiger partial charge is 0.241 e. The van der Waals surface area contributed by atoms with E-state index in [2.05, 4.69) is 4.72 Å². The Morgan fingerprint density at radius 3 is 2.04 bits per heavy atom. The van der Waals surface area contributed by atoms with Gasteiger partial charge in [0.15, 0.2) is 0 Å². The lowest BCUT2D eigenvalue weighted by atomic mass is 10.1. The highest BCUT2D eigenvalue weighted by atomic mass is 32.2. The maximum Gasteiger partial charge on any atom is 0.241 e. The van der Waals surface area contributed by atoms with Gasteiger partial charge in [-0.1, -0.05) is 6.07 Å². The van der Waals surface area contributed by atoms with E-state index in [1.807, 2.05) is 32.0 Å². The Hall–Kier alpha value is -2.05. The van der Waals surface area contributed by atoms with Gasteiger partial charge in [-0.3, -0.25) is 0 Å². The molecule has 0 saturated heterocycles. The van der Waals surface area contributed by atoms with Crippen LogP contribution in [-0.2, 0) is 10.0 Å². The largest absolute Gasteiger partial charge is 0.497 e. The number of hydrogen-bond acceptors (Lipinski definition) is 4. The zero-order valence-electron chi connectivity index (χ0n) is 16.2. The number of nitrogens with one attached hydrogen (secondary N) is 1. The number of hydrogen-bond donors (Lipinski definition) is 1. The Morgan fingerprint density at radius 1 is 0.923 bits per heavy atom. The molecule has 0 heterocycles. The van der Waals surface area contributed by atoms with E-state index in [1.54, 1.807) is 40.0 Å². The summed E-state index contributed by atoms with van der Waals surface area (Å²) in [6.45, 7) is 9.61. The minimum Gasteiger partial charge on any atom is -0.497 e. The van der Waals surface area contributed by atoms with Crippen LogP contribution in [0, 0.1) is 27.7 Å². The number of rotatable bonds is 7. The van der Waals surface area contributed by atoms with Crippen LogP contribution in [0.15, 0.2) is 35.2 Å². The molecule has 0 unspecified atom stereocenters. The molecule has 2 aromatic rings. The second-order valence-corrected chi connectivity index (χ2v) is 8.32. The van der Waals surface area contributed by atoms with Gasteiger partial charge in [0.25, 0.3) is 0 Å². The summed E-state index contributed by atoms with van der Waals surface area (Å²) in [6.07, 6.45) is 0. The van der Waals surface area contributed by atoms with E-state index in [1.165, 1.54) is 5.56 Å². The maximum absolute atomic E-state index is 12.8. The van der Waals surface area contributed by atoms with Crippen molar-refractivity contribution in [2.75, 3.05) is 13.7 Å². The van der Waals surface area contributed by atoms with Gasteiger partial charge in [0.1, 0.15) is 18.1 Å². The first-order chi connectivity index (χ1) is 12.1. The molecule has 1 atom stereocenters. The van der Waals surface area contributed by atoms with Gasteiger partial charge in [-0.2, -0.15) is 0 Å². The second-order valence-electron chi connectivity index (χ2n) is 6.67. The predicted molar refractivity (Wildman–Crippen MR) is 104 cm³/mol. The lowest BCUT2D eigenvalue weighted by Gasteiger charge is -2.18. The van der Waals surface area contributed by atoms with Gasteiger partial charge in [0.05, 0.1) is 18.0 Å². The Labute approximate surface area is 156 Å². The molecule has 0 aliphatic carbocycles. The van der Waals surface area contributed by atoms with Crippen LogP contribution in [0.4, 0.5) is 0 Å². The van der Waals surface area contributed by atoms with Crippen molar-refractivity contribution in [3.05, 3.63) is 52.6 Å². The number of ether oxygens (including phenoxy) is 2. The van der Waals surface area contributed by atoms with Gasteiger partial charge < -0.3 is 9.47 Å². The fraction of sp³-hybridized carbons (Fsp3) is 0.400. The van der Waals surface area contributed by atoms with E-state index < -0.39 is 10.0 Å². The number of aryl methyl sites for hydroxylation is 4. The lowest BCUT2D eigenvalue weighted by Crippen LogP contribution is -2.37. The highest BCUT2D eigenvalue weighted by molar-refractivity contribution is 7.89. The number of methoxy groups -OCH3 is 1. The van der Waals surface area contributed by atoms with Crippen molar-refractivity contribution >= 4 is 10.0 Å². The highest BCUT2D eigenvalue weighted by Gasteiger charge is 2.22. The molecule has 2 rings (SSSR count). The molecule has 26 heavy (non-hydrogen) atoms. The first-order valence-electron chi connectivity index (χ1n) is 8.51. The van der Waals surface area contributed by atoms with Crippen LogP contribution in [0.25, 0.3) is 0 Å². The van der Waals surface area contributed by atoms with Crippen molar-refractivity contribution in [2.45, 2.75) is 45.6 Å². The van der Waals surface area contributed by atoms with Crippen molar-refractivity contribution in [1.29, 1.82) is 0 Å². The minimum absolute atomic E-state index is 0.246. The lowest BCUT2D eigenvalue weighted by molar-refractivity contribution is 0.287. The summed E-state index contributed by atoms with van der Waals surface area (Å²) in [4.78, 5) is 0.288. The van der Waals surface area contributed by atoms with Crippen molar-refractivity contribution in [1.82, 2.24) is 4.72 Å². The summed E-state index contributed by atoms with van der Waals surface area (Å²) in [5.74, 6) is 1.38.